The zero-order valence-electron chi connectivity index (χ0n) is 12.4. The van der Waals surface area contributed by atoms with Crippen molar-refractivity contribution in [2.24, 2.45) is 0 Å². The van der Waals surface area contributed by atoms with Crippen molar-refractivity contribution in [2.75, 3.05) is 27.2 Å². The molecule has 0 aliphatic carbocycles. The first-order valence-electron chi connectivity index (χ1n) is 6.86. The van der Waals surface area contributed by atoms with Gasteiger partial charge in [-0.2, -0.15) is 0 Å². The lowest BCUT2D eigenvalue weighted by Crippen LogP contribution is -2.23. The third-order valence-electron chi connectivity index (χ3n) is 2.82. The monoisotopic (exact) mass is 342 g/mol. The number of ether oxygens (including phenoxy) is 1. The third-order valence-corrected chi connectivity index (χ3v) is 3.44. The van der Waals surface area contributed by atoms with E-state index in [9.17, 15) is 4.79 Å². The van der Waals surface area contributed by atoms with Crippen LogP contribution in [0.1, 0.15) is 25.3 Å². The minimum atomic E-state index is 0.0708. The van der Waals surface area contributed by atoms with E-state index < -0.39 is 0 Å². The maximum atomic E-state index is 11.4. The highest BCUT2D eigenvalue weighted by atomic mass is 79.9. The van der Waals surface area contributed by atoms with Gasteiger partial charge in [-0.15, -0.1) is 0 Å². The molecule has 5 heteroatoms. The number of nitrogens with zero attached hydrogens (tertiary/aromatic N) is 1. The molecule has 0 saturated carbocycles. The van der Waals surface area contributed by atoms with Gasteiger partial charge in [0, 0.05) is 20.6 Å². The Bertz CT molecular complexity index is 436. The minimum absolute atomic E-state index is 0.0708. The summed E-state index contributed by atoms with van der Waals surface area (Å²) >= 11 is 3.50. The SMILES string of the molecule is CCCNCc1ccc(OCCC(=O)N(C)C)c(Br)c1. The fourth-order valence-electron chi connectivity index (χ4n) is 1.65. The Hall–Kier alpha value is -1.07. The van der Waals surface area contributed by atoms with Crippen molar-refractivity contribution in [1.82, 2.24) is 10.2 Å². The average Bonchev–Trinajstić information content (AvgIpc) is 2.41. The molecule has 0 radical (unpaired) electrons. The first kappa shape index (κ1) is 17.0. The van der Waals surface area contributed by atoms with Crippen LogP contribution in [0.5, 0.6) is 5.75 Å². The van der Waals surface area contributed by atoms with Crippen molar-refractivity contribution in [1.29, 1.82) is 0 Å². The van der Waals surface area contributed by atoms with Gasteiger partial charge in [0.25, 0.3) is 0 Å². The standard InChI is InChI=1S/C15H23BrN2O2/c1-4-8-17-11-12-5-6-14(13(16)10-12)20-9-7-15(19)18(2)3/h5-6,10,17H,4,7-9,11H2,1-3H3. The second-order valence-corrected chi connectivity index (χ2v) is 5.68. The van der Waals surface area contributed by atoms with Crippen molar-refractivity contribution in [2.45, 2.75) is 26.3 Å². The molecule has 20 heavy (non-hydrogen) atoms. The van der Waals surface area contributed by atoms with Gasteiger partial charge in [0.2, 0.25) is 5.91 Å². The van der Waals surface area contributed by atoms with Crippen LogP contribution in [-0.2, 0) is 11.3 Å². The Labute approximate surface area is 129 Å². The van der Waals surface area contributed by atoms with Crippen LogP contribution in [0.3, 0.4) is 0 Å². The molecule has 0 aliphatic rings. The Kier molecular flexibility index (Phi) is 7.62. The fraction of sp³-hybridized carbons (Fsp3) is 0.533. The molecule has 0 aromatic heterocycles. The van der Waals surface area contributed by atoms with Gasteiger partial charge in [-0.3, -0.25) is 4.79 Å². The molecule has 0 bridgehead atoms. The molecule has 4 nitrogen and oxygen atoms in total. The predicted octanol–water partition coefficient (Wildman–Crippen LogP) is 2.81. The van der Waals surface area contributed by atoms with Crippen LogP contribution in [0.25, 0.3) is 0 Å². The molecule has 1 N–H and O–H groups in total. The summed E-state index contributed by atoms with van der Waals surface area (Å²) in [6, 6.07) is 6.02. The molecule has 112 valence electrons. The van der Waals surface area contributed by atoms with Crippen molar-refractivity contribution in [3.63, 3.8) is 0 Å². The van der Waals surface area contributed by atoms with Crippen molar-refractivity contribution in [3.05, 3.63) is 28.2 Å². The predicted molar refractivity (Wildman–Crippen MR) is 84.9 cm³/mol. The normalized spacial score (nSPS) is 10.4. The smallest absolute Gasteiger partial charge is 0.225 e. The lowest BCUT2D eigenvalue weighted by Gasteiger charge is -2.12. The molecule has 0 aliphatic heterocycles. The van der Waals surface area contributed by atoms with E-state index in [0.717, 1.165) is 29.7 Å². The van der Waals surface area contributed by atoms with Crippen LogP contribution in [0.4, 0.5) is 0 Å². The largest absolute Gasteiger partial charge is 0.492 e. The Balaban J connectivity index is 2.45. The van der Waals surface area contributed by atoms with Crippen LogP contribution in [0.2, 0.25) is 0 Å². The molecule has 0 spiro atoms. The first-order chi connectivity index (χ1) is 9.54. The van der Waals surface area contributed by atoms with Gasteiger partial charge < -0.3 is 15.0 Å². The van der Waals surface area contributed by atoms with Gasteiger partial charge in [0.1, 0.15) is 5.75 Å². The zero-order chi connectivity index (χ0) is 15.0. The van der Waals surface area contributed by atoms with Gasteiger partial charge in [-0.25, -0.2) is 0 Å². The Morgan fingerprint density at radius 3 is 2.75 bits per heavy atom. The highest BCUT2D eigenvalue weighted by Gasteiger charge is 2.06. The van der Waals surface area contributed by atoms with Crippen LogP contribution in [-0.4, -0.2) is 38.1 Å². The van der Waals surface area contributed by atoms with E-state index in [-0.39, 0.29) is 5.91 Å². The first-order valence-corrected chi connectivity index (χ1v) is 7.66. The summed E-state index contributed by atoms with van der Waals surface area (Å²) in [6.45, 7) is 4.41. The summed E-state index contributed by atoms with van der Waals surface area (Å²) in [5, 5.41) is 3.36. The van der Waals surface area contributed by atoms with Crippen LogP contribution < -0.4 is 10.1 Å². The maximum Gasteiger partial charge on any atom is 0.225 e. The fourth-order valence-corrected chi connectivity index (χ4v) is 2.19. The van der Waals surface area contributed by atoms with Gasteiger partial charge >= 0.3 is 0 Å². The van der Waals surface area contributed by atoms with E-state index in [0.29, 0.717) is 13.0 Å². The van der Waals surface area contributed by atoms with E-state index in [4.69, 9.17) is 4.74 Å². The summed E-state index contributed by atoms with van der Waals surface area (Å²) in [5.74, 6) is 0.845. The van der Waals surface area contributed by atoms with Crippen LogP contribution in [0, 0.1) is 0 Å². The van der Waals surface area contributed by atoms with E-state index in [1.807, 2.05) is 18.2 Å². The molecule has 0 fully saturated rings. The van der Waals surface area contributed by atoms with Gasteiger partial charge in [0.05, 0.1) is 17.5 Å². The van der Waals surface area contributed by atoms with Gasteiger partial charge in [-0.05, 0) is 46.6 Å². The molecule has 0 unspecified atom stereocenters. The Morgan fingerprint density at radius 1 is 1.40 bits per heavy atom. The Morgan fingerprint density at radius 2 is 2.15 bits per heavy atom. The lowest BCUT2D eigenvalue weighted by molar-refractivity contribution is -0.129. The van der Waals surface area contributed by atoms with Crippen molar-refractivity contribution in [3.8, 4) is 5.75 Å². The highest BCUT2D eigenvalue weighted by molar-refractivity contribution is 9.10. The highest BCUT2D eigenvalue weighted by Crippen LogP contribution is 2.26. The number of carbonyl (C=O) groups is 1. The zero-order valence-corrected chi connectivity index (χ0v) is 14.0. The van der Waals surface area contributed by atoms with E-state index in [1.165, 1.54) is 5.56 Å². The van der Waals surface area contributed by atoms with E-state index in [2.05, 4.69) is 28.2 Å². The molecule has 1 amide bonds. The molecular formula is C15H23BrN2O2. The average molecular weight is 343 g/mol. The lowest BCUT2D eigenvalue weighted by atomic mass is 10.2. The molecule has 1 aromatic rings. The summed E-state index contributed by atoms with van der Waals surface area (Å²) in [4.78, 5) is 13.0. The minimum Gasteiger partial charge on any atom is -0.492 e. The molecular weight excluding hydrogens is 320 g/mol. The number of halogens is 1. The number of rotatable bonds is 8. The third kappa shape index (κ3) is 5.92. The van der Waals surface area contributed by atoms with Crippen LogP contribution >= 0.6 is 15.9 Å². The second kappa shape index (κ2) is 8.97. The van der Waals surface area contributed by atoms with E-state index >= 15 is 0 Å². The van der Waals surface area contributed by atoms with Gasteiger partial charge in [0.15, 0.2) is 0 Å². The molecule has 1 rings (SSSR count). The summed E-state index contributed by atoms with van der Waals surface area (Å²) < 4.78 is 6.55. The maximum absolute atomic E-state index is 11.4. The second-order valence-electron chi connectivity index (χ2n) is 4.83. The number of nitrogens with one attached hydrogen (secondary N) is 1. The number of hydrogen-bond acceptors (Lipinski definition) is 3. The number of carbonyl (C=O) groups excluding carboxylic acids is 1. The van der Waals surface area contributed by atoms with Gasteiger partial charge in [-0.1, -0.05) is 13.0 Å². The van der Waals surface area contributed by atoms with Crippen molar-refractivity contribution >= 4 is 21.8 Å². The molecule has 1 aromatic carbocycles. The number of hydrogen-bond donors (Lipinski definition) is 1. The summed E-state index contributed by atoms with van der Waals surface area (Å²) in [5.41, 5.74) is 1.21. The number of benzene rings is 1. The number of amides is 1. The molecule has 0 atom stereocenters. The molecule has 0 heterocycles. The summed E-state index contributed by atoms with van der Waals surface area (Å²) in [6.07, 6.45) is 1.52. The van der Waals surface area contributed by atoms with Crippen LogP contribution in [0.15, 0.2) is 22.7 Å². The summed E-state index contributed by atoms with van der Waals surface area (Å²) in [7, 11) is 3.49. The quantitative estimate of drug-likeness (QED) is 0.738. The molecule has 0 saturated heterocycles. The topological polar surface area (TPSA) is 41.6 Å². The van der Waals surface area contributed by atoms with Crippen molar-refractivity contribution < 1.29 is 9.53 Å². The van der Waals surface area contributed by atoms with E-state index in [1.54, 1.807) is 19.0 Å².